The fourth-order valence-corrected chi connectivity index (χ4v) is 2.37. The van der Waals surface area contributed by atoms with Crippen molar-refractivity contribution in [3.8, 4) is 0 Å². The van der Waals surface area contributed by atoms with Crippen LogP contribution in [0.4, 0.5) is 5.69 Å². The zero-order valence-electron chi connectivity index (χ0n) is 10.3. The van der Waals surface area contributed by atoms with E-state index < -0.39 is 6.10 Å². The molecule has 2 unspecified atom stereocenters. The minimum atomic E-state index is -0.438. The van der Waals surface area contributed by atoms with Crippen molar-refractivity contribution in [1.82, 2.24) is 10.3 Å². The molecule has 5 nitrogen and oxygen atoms in total. The second-order valence-electron chi connectivity index (χ2n) is 4.74. The summed E-state index contributed by atoms with van der Waals surface area (Å²) in [6.07, 6.45) is 3.49. The van der Waals surface area contributed by atoms with Crippen molar-refractivity contribution in [2.24, 2.45) is 0 Å². The van der Waals surface area contributed by atoms with Crippen LogP contribution in [0.25, 0.3) is 10.8 Å². The second-order valence-corrected chi connectivity index (χ2v) is 4.74. The van der Waals surface area contributed by atoms with Crippen molar-refractivity contribution in [3.63, 3.8) is 0 Å². The number of anilines is 1. The number of carbonyl (C=O) groups is 1. The molecule has 0 aliphatic carbocycles. The number of aliphatic hydroxyl groups is 1. The highest BCUT2D eigenvalue weighted by Crippen LogP contribution is 2.22. The van der Waals surface area contributed by atoms with Crippen LogP contribution in [0.3, 0.4) is 0 Å². The average molecular weight is 257 g/mol. The summed E-state index contributed by atoms with van der Waals surface area (Å²) in [5, 5.41) is 17.3. The van der Waals surface area contributed by atoms with E-state index in [4.69, 9.17) is 0 Å². The van der Waals surface area contributed by atoms with E-state index in [1.54, 1.807) is 12.4 Å². The minimum absolute atomic E-state index is 0.110. The molecule has 0 saturated carbocycles. The summed E-state index contributed by atoms with van der Waals surface area (Å²) < 4.78 is 0. The molecular formula is C14H15N3O2. The SMILES string of the molecule is O=C(Nc1cccc2cnccc12)C1CC(O)CN1. The molecule has 2 heterocycles. The number of aliphatic hydroxyl groups excluding tert-OH is 1. The van der Waals surface area contributed by atoms with E-state index in [9.17, 15) is 9.90 Å². The van der Waals surface area contributed by atoms with Crippen LogP contribution < -0.4 is 10.6 Å². The summed E-state index contributed by atoms with van der Waals surface area (Å²) in [7, 11) is 0. The number of carbonyl (C=O) groups excluding carboxylic acids is 1. The van der Waals surface area contributed by atoms with Crippen molar-refractivity contribution in [1.29, 1.82) is 0 Å². The molecule has 1 aliphatic rings. The molecule has 2 atom stereocenters. The quantitative estimate of drug-likeness (QED) is 0.747. The van der Waals surface area contributed by atoms with Crippen molar-refractivity contribution in [2.75, 3.05) is 11.9 Å². The van der Waals surface area contributed by atoms with Crippen molar-refractivity contribution in [3.05, 3.63) is 36.7 Å². The predicted octanol–water partition coefficient (Wildman–Crippen LogP) is 0.896. The number of pyridine rings is 1. The molecule has 1 aromatic heterocycles. The second kappa shape index (κ2) is 4.95. The Balaban J connectivity index is 1.83. The molecule has 1 amide bonds. The molecule has 1 fully saturated rings. The topological polar surface area (TPSA) is 74.2 Å². The molecule has 3 rings (SSSR count). The van der Waals surface area contributed by atoms with Gasteiger partial charge in [0.2, 0.25) is 5.91 Å². The van der Waals surface area contributed by atoms with E-state index in [1.165, 1.54) is 0 Å². The third-order valence-electron chi connectivity index (χ3n) is 3.36. The summed E-state index contributed by atoms with van der Waals surface area (Å²) in [5.74, 6) is -0.110. The highest BCUT2D eigenvalue weighted by atomic mass is 16.3. The largest absolute Gasteiger partial charge is 0.392 e. The molecule has 98 valence electrons. The number of nitrogens with zero attached hydrogens (tertiary/aromatic N) is 1. The molecule has 0 bridgehead atoms. The molecule has 19 heavy (non-hydrogen) atoms. The van der Waals surface area contributed by atoms with E-state index in [2.05, 4.69) is 15.6 Å². The molecule has 0 spiro atoms. The predicted molar refractivity (Wildman–Crippen MR) is 72.8 cm³/mol. The maximum absolute atomic E-state index is 12.1. The van der Waals surface area contributed by atoms with Gasteiger partial charge in [-0.25, -0.2) is 0 Å². The van der Waals surface area contributed by atoms with E-state index in [0.29, 0.717) is 13.0 Å². The van der Waals surface area contributed by atoms with Gasteiger partial charge in [-0.05, 0) is 18.6 Å². The number of hydrogen-bond acceptors (Lipinski definition) is 4. The lowest BCUT2D eigenvalue weighted by Gasteiger charge is -2.12. The Hall–Kier alpha value is -1.98. The van der Waals surface area contributed by atoms with Crippen molar-refractivity contribution >= 4 is 22.4 Å². The Labute approximate surface area is 110 Å². The van der Waals surface area contributed by atoms with Gasteiger partial charge in [-0.15, -0.1) is 0 Å². The first-order chi connectivity index (χ1) is 9.24. The molecule has 1 saturated heterocycles. The van der Waals surface area contributed by atoms with E-state index in [0.717, 1.165) is 16.5 Å². The van der Waals surface area contributed by atoms with E-state index >= 15 is 0 Å². The first-order valence-corrected chi connectivity index (χ1v) is 6.29. The standard InChI is InChI=1S/C14H15N3O2/c18-10-6-13(16-8-10)14(19)17-12-3-1-2-9-7-15-5-4-11(9)12/h1-5,7,10,13,16,18H,6,8H2,(H,17,19). The number of benzene rings is 1. The van der Waals surface area contributed by atoms with Crippen LogP contribution in [-0.2, 0) is 4.79 Å². The first-order valence-electron chi connectivity index (χ1n) is 6.29. The van der Waals surface area contributed by atoms with Gasteiger partial charge in [-0.2, -0.15) is 0 Å². The summed E-state index contributed by atoms with van der Waals surface area (Å²) >= 11 is 0. The Morgan fingerprint density at radius 2 is 2.32 bits per heavy atom. The fraction of sp³-hybridized carbons (Fsp3) is 0.286. The maximum atomic E-state index is 12.1. The molecule has 0 radical (unpaired) electrons. The van der Waals surface area contributed by atoms with E-state index in [1.807, 2.05) is 24.3 Å². The van der Waals surface area contributed by atoms with Crippen molar-refractivity contribution < 1.29 is 9.90 Å². The number of aromatic nitrogens is 1. The van der Waals surface area contributed by atoms with Gasteiger partial charge in [0.25, 0.3) is 0 Å². The van der Waals surface area contributed by atoms with Crippen LogP contribution in [0.15, 0.2) is 36.7 Å². The Kier molecular flexibility index (Phi) is 3.15. The zero-order chi connectivity index (χ0) is 13.2. The van der Waals surface area contributed by atoms with Crippen LogP contribution >= 0.6 is 0 Å². The lowest BCUT2D eigenvalue weighted by atomic mass is 10.1. The third kappa shape index (κ3) is 2.43. The lowest BCUT2D eigenvalue weighted by molar-refractivity contribution is -0.117. The number of amides is 1. The van der Waals surface area contributed by atoms with Gasteiger partial charge in [0.15, 0.2) is 0 Å². The lowest BCUT2D eigenvalue weighted by Crippen LogP contribution is -2.35. The maximum Gasteiger partial charge on any atom is 0.241 e. The zero-order valence-corrected chi connectivity index (χ0v) is 10.3. The Morgan fingerprint density at radius 3 is 3.11 bits per heavy atom. The molecule has 2 aromatic rings. The van der Waals surface area contributed by atoms with Gasteiger partial charge in [-0.1, -0.05) is 12.1 Å². The van der Waals surface area contributed by atoms with Gasteiger partial charge in [0.05, 0.1) is 12.1 Å². The van der Waals surface area contributed by atoms with Crippen LogP contribution in [0.1, 0.15) is 6.42 Å². The van der Waals surface area contributed by atoms with Gasteiger partial charge >= 0.3 is 0 Å². The molecule has 1 aliphatic heterocycles. The Morgan fingerprint density at radius 1 is 1.42 bits per heavy atom. The average Bonchev–Trinajstić information content (AvgIpc) is 2.86. The van der Waals surface area contributed by atoms with Gasteiger partial charge in [0, 0.05) is 35.4 Å². The van der Waals surface area contributed by atoms with Gasteiger partial charge < -0.3 is 15.7 Å². The summed E-state index contributed by atoms with van der Waals surface area (Å²) in [4.78, 5) is 16.2. The Bertz CT molecular complexity index is 609. The number of rotatable bonds is 2. The van der Waals surface area contributed by atoms with Crippen LogP contribution in [0.5, 0.6) is 0 Å². The third-order valence-corrected chi connectivity index (χ3v) is 3.36. The molecular weight excluding hydrogens is 242 g/mol. The number of fused-ring (bicyclic) bond motifs is 1. The van der Waals surface area contributed by atoms with Crippen molar-refractivity contribution in [2.45, 2.75) is 18.6 Å². The molecule has 3 N–H and O–H groups in total. The number of β-amino-alcohol motifs (C(OH)–C–C–N with tert-alkyl or cyclic N) is 1. The monoisotopic (exact) mass is 257 g/mol. The molecule has 1 aromatic carbocycles. The fourth-order valence-electron chi connectivity index (χ4n) is 2.37. The van der Waals surface area contributed by atoms with Crippen LogP contribution in [-0.4, -0.2) is 34.7 Å². The first kappa shape index (κ1) is 12.1. The van der Waals surface area contributed by atoms with Crippen LogP contribution in [0, 0.1) is 0 Å². The summed E-state index contributed by atoms with van der Waals surface area (Å²) in [5.41, 5.74) is 0.771. The minimum Gasteiger partial charge on any atom is -0.392 e. The van der Waals surface area contributed by atoms with E-state index in [-0.39, 0.29) is 11.9 Å². The van der Waals surface area contributed by atoms with Crippen LogP contribution in [0.2, 0.25) is 0 Å². The van der Waals surface area contributed by atoms with Gasteiger partial charge in [-0.3, -0.25) is 9.78 Å². The normalized spacial score (nSPS) is 22.6. The summed E-state index contributed by atoms with van der Waals surface area (Å²) in [6.45, 7) is 0.470. The summed E-state index contributed by atoms with van der Waals surface area (Å²) in [6, 6.07) is 7.26. The number of hydrogen-bond donors (Lipinski definition) is 3. The highest BCUT2D eigenvalue weighted by Gasteiger charge is 2.28. The number of nitrogens with one attached hydrogen (secondary N) is 2. The molecule has 5 heteroatoms. The smallest absolute Gasteiger partial charge is 0.241 e. The highest BCUT2D eigenvalue weighted by molar-refractivity contribution is 6.03. The van der Waals surface area contributed by atoms with Gasteiger partial charge in [0.1, 0.15) is 0 Å².